The summed E-state index contributed by atoms with van der Waals surface area (Å²) in [5.74, 6) is 5.95. The van der Waals surface area contributed by atoms with Crippen molar-refractivity contribution in [3.8, 4) is 29.5 Å². The van der Waals surface area contributed by atoms with E-state index in [9.17, 15) is 4.39 Å². The van der Waals surface area contributed by atoms with Crippen molar-refractivity contribution < 1.29 is 13.9 Å². The topological polar surface area (TPSA) is 85.9 Å². The predicted octanol–water partition coefficient (Wildman–Crippen LogP) is 2.41. The number of rotatable bonds is 5. The third-order valence-corrected chi connectivity index (χ3v) is 3.73. The number of aromatic nitrogens is 4. The highest BCUT2D eigenvalue weighted by Gasteiger charge is 2.17. The van der Waals surface area contributed by atoms with Crippen LogP contribution in [0.1, 0.15) is 22.6 Å². The van der Waals surface area contributed by atoms with E-state index in [1.54, 1.807) is 38.6 Å². The quantitative estimate of drug-likeness (QED) is 0.501. The highest BCUT2D eigenvalue weighted by atomic mass is 19.1. The summed E-state index contributed by atoms with van der Waals surface area (Å²) in [6.07, 6.45) is 3.19. The van der Waals surface area contributed by atoms with Crippen molar-refractivity contribution in [3.05, 3.63) is 65.1 Å². The van der Waals surface area contributed by atoms with Crippen molar-refractivity contribution in [2.75, 3.05) is 20.3 Å². The van der Waals surface area contributed by atoms with E-state index in [1.807, 2.05) is 6.07 Å². The van der Waals surface area contributed by atoms with Crippen LogP contribution in [0.3, 0.4) is 0 Å². The van der Waals surface area contributed by atoms with E-state index in [2.05, 4.69) is 26.9 Å². The lowest BCUT2D eigenvalue weighted by atomic mass is 10.2. The molecule has 0 aliphatic heterocycles. The molecule has 0 bridgehead atoms. The Kier molecular flexibility index (Phi) is 5.95. The van der Waals surface area contributed by atoms with Crippen molar-refractivity contribution in [2.45, 2.75) is 6.92 Å². The molecule has 0 saturated carbocycles. The van der Waals surface area contributed by atoms with Gasteiger partial charge in [-0.3, -0.25) is 0 Å². The van der Waals surface area contributed by atoms with Gasteiger partial charge < -0.3 is 9.47 Å². The lowest BCUT2D eigenvalue weighted by Gasteiger charge is -2.05. The number of ether oxygens (including phenoxy) is 2. The third kappa shape index (κ3) is 4.32. The average molecular weight is 377 g/mol. The number of hydrogen-bond acceptors (Lipinski definition) is 6. The molecule has 0 aliphatic rings. The molecule has 0 unspecified atom stereocenters. The lowest BCUT2D eigenvalue weighted by molar-refractivity contribution is 0.143. The van der Waals surface area contributed by atoms with Crippen LogP contribution in [-0.2, 0) is 4.74 Å². The van der Waals surface area contributed by atoms with Crippen LogP contribution in [0.4, 0.5) is 4.39 Å². The van der Waals surface area contributed by atoms with E-state index in [0.717, 1.165) is 6.07 Å². The van der Waals surface area contributed by atoms with Crippen LogP contribution in [0.2, 0.25) is 0 Å². The largest absolute Gasteiger partial charge is 0.473 e. The zero-order chi connectivity index (χ0) is 19.9. The Bertz CT molecular complexity index is 1080. The first-order valence-electron chi connectivity index (χ1n) is 8.34. The van der Waals surface area contributed by atoms with E-state index in [1.165, 1.54) is 10.7 Å². The first-order chi connectivity index (χ1) is 13.6. The molecule has 8 heteroatoms. The number of hydrogen-bond donors (Lipinski definition) is 0. The minimum absolute atomic E-state index is 0.192. The minimum atomic E-state index is -0.531. The number of nitriles is 1. The molecule has 140 valence electrons. The lowest BCUT2D eigenvalue weighted by Crippen LogP contribution is -2.06. The zero-order valence-electron chi connectivity index (χ0n) is 15.3. The number of halogens is 1. The molecule has 2 aromatic heterocycles. The summed E-state index contributed by atoms with van der Waals surface area (Å²) in [7, 11) is 1.57. The molecular weight excluding hydrogens is 361 g/mol. The first kappa shape index (κ1) is 19.0. The second-order valence-corrected chi connectivity index (χ2v) is 5.65. The zero-order valence-corrected chi connectivity index (χ0v) is 15.3. The molecule has 0 spiro atoms. The van der Waals surface area contributed by atoms with Gasteiger partial charge >= 0.3 is 0 Å². The maximum absolute atomic E-state index is 13.9. The van der Waals surface area contributed by atoms with E-state index >= 15 is 0 Å². The van der Waals surface area contributed by atoms with Gasteiger partial charge in [0.05, 0.1) is 29.6 Å². The molecule has 0 saturated heterocycles. The Morgan fingerprint density at radius 1 is 1.14 bits per heavy atom. The molecular formula is C20H16FN5O2. The highest BCUT2D eigenvalue weighted by molar-refractivity contribution is 5.51. The monoisotopic (exact) mass is 377 g/mol. The molecule has 0 radical (unpaired) electrons. The van der Waals surface area contributed by atoms with Gasteiger partial charge in [0.1, 0.15) is 18.0 Å². The normalized spacial score (nSPS) is 10.1. The van der Waals surface area contributed by atoms with E-state index in [-0.39, 0.29) is 18.1 Å². The summed E-state index contributed by atoms with van der Waals surface area (Å²) in [4.78, 5) is 8.14. The molecule has 3 rings (SSSR count). The molecule has 0 fully saturated rings. The van der Waals surface area contributed by atoms with Crippen LogP contribution in [-0.4, -0.2) is 40.1 Å². The van der Waals surface area contributed by atoms with Crippen LogP contribution in [0.5, 0.6) is 5.88 Å². The fourth-order valence-corrected chi connectivity index (χ4v) is 2.44. The minimum Gasteiger partial charge on any atom is -0.473 e. The molecule has 2 heterocycles. The summed E-state index contributed by atoms with van der Waals surface area (Å²) in [6, 6.07) is 7.62. The number of nitrogens with zero attached hydrogens (tertiary/aromatic N) is 5. The van der Waals surface area contributed by atoms with Gasteiger partial charge in [-0.25, -0.2) is 19.0 Å². The van der Waals surface area contributed by atoms with Gasteiger partial charge in [-0.2, -0.15) is 5.26 Å². The molecule has 0 aliphatic carbocycles. The van der Waals surface area contributed by atoms with Gasteiger partial charge in [0, 0.05) is 19.5 Å². The molecule has 3 aromatic rings. The van der Waals surface area contributed by atoms with Crippen LogP contribution in [0, 0.1) is 35.9 Å². The molecule has 1 aromatic carbocycles. The molecule has 0 amide bonds. The Balaban J connectivity index is 2.07. The van der Waals surface area contributed by atoms with Gasteiger partial charge in [0.2, 0.25) is 11.7 Å². The second-order valence-electron chi connectivity index (χ2n) is 5.65. The van der Waals surface area contributed by atoms with Gasteiger partial charge in [-0.1, -0.05) is 5.92 Å². The smallest absolute Gasteiger partial charge is 0.249 e. The summed E-state index contributed by atoms with van der Waals surface area (Å²) < 4.78 is 26.0. The fraction of sp³-hybridized carbons (Fsp3) is 0.200. The van der Waals surface area contributed by atoms with Crippen molar-refractivity contribution in [2.24, 2.45) is 0 Å². The second kappa shape index (κ2) is 8.76. The van der Waals surface area contributed by atoms with Crippen LogP contribution in [0.15, 0.2) is 36.7 Å². The van der Waals surface area contributed by atoms with Crippen molar-refractivity contribution in [1.29, 1.82) is 5.26 Å². The van der Waals surface area contributed by atoms with E-state index in [0.29, 0.717) is 29.4 Å². The van der Waals surface area contributed by atoms with E-state index < -0.39 is 5.82 Å². The SMILES string of the molecule is COCCOc1nn(-c2cc(F)cc(C#N)c2)c(C)c1C#Cc1ncccn1. The van der Waals surface area contributed by atoms with Crippen molar-refractivity contribution >= 4 is 0 Å². The van der Waals surface area contributed by atoms with Crippen molar-refractivity contribution in [1.82, 2.24) is 19.7 Å². The van der Waals surface area contributed by atoms with Gasteiger partial charge in [0.25, 0.3) is 0 Å². The number of benzene rings is 1. The van der Waals surface area contributed by atoms with Gasteiger partial charge in [-0.15, -0.1) is 5.10 Å². The maximum Gasteiger partial charge on any atom is 0.249 e. The third-order valence-electron chi connectivity index (χ3n) is 3.73. The summed E-state index contributed by atoms with van der Waals surface area (Å²) in [5.41, 5.74) is 1.74. The average Bonchev–Trinajstić information content (AvgIpc) is 3.02. The highest BCUT2D eigenvalue weighted by Crippen LogP contribution is 2.24. The molecule has 0 N–H and O–H groups in total. The fourth-order valence-electron chi connectivity index (χ4n) is 2.44. The molecule has 7 nitrogen and oxygen atoms in total. The van der Waals surface area contributed by atoms with Crippen LogP contribution < -0.4 is 4.74 Å². The predicted molar refractivity (Wildman–Crippen MR) is 98.4 cm³/mol. The van der Waals surface area contributed by atoms with E-state index in [4.69, 9.17) is 14.7 Å². The molecule has 0 atom stereocenters. The summed E-state index contributed by atoms with van der Waals surface area (Å²) in [6.45, 7) is 2.43. The van der Waals surface area contributed by atoms with Gasteiger partial charge in [-0.05, 0) is 37.1 Å². The first-order valence-corrected chi connectivity index (χ1v) is 8.34. The summed E-state index contributed by atoms with van der Waals surface area (Å²) in [5, 5.41) is 13.5. The maximum atomic E-state index is 13.9. The Hall–Kier alpha value is -3.75. The standard InChI is InChI=1S/C20H16FN5O2/c1-14-18(4-5-19-23-6-3-7-24-19)20(28-9-8-27-2)25-26(14)17-11-15(13-22)10-16(21)12-17/h3,6-7,10-12H,8-9H2,1-2H3. The summed E-state index contributed by atoms with van der Waals surface area (Å²) >= 11 is 0. The Labute approximate surface area is 161 Å². The Morgan fingerprint density at radius 3 is 2.64 bits per heavy atom. The Morgan fingerprint density at radius 2 is 1.93 bits per heavy atom. The molecule has 28 heavy (non-hydrogen) atoms. The van der Waals surface area contributed by atoms with Crippen LogP contribution in [0.25, 0.3) is 5.69 Å². The van der Waals surface area contributed by atoms with Gasteiger partial charge in [0.15, 0.2) is 0 Å². The van der Waals surface area contributed by atoms with Crippen molar-refractivity contribution in [3.63, 3.8) is 0 Å². The number of methoxy groups -OCH3 is 1. The van der Waals surface area contributed by atoms with Crippen LogP contribution >= 0.6 is 0 Å².